The molecule has 1 aliphatic rings. The van der Waals surface area contributed by atoms with E-state index in [1.165, 1.54) is 39.2 Å². The summed E-state index contributed by atoms with van der Waals surface area (Å²) in [5.41, 5.74) is 7.19. The average Bonchev–Trinajstić information content (AvgIpc) is 3.37. The predicted octanol–water partition coefficient (Wildman–Crippen LogP) is 2.32. The SMILES string of the molecule is COc1cc(C(=O)NC(C)CC(=O)Nc2cccc(N3CCCC3)c2)cc(OC)c1OCC(N)=O. The zero-order chi connectivity index (χ0) is 25.4. The summed E-state index contributed by atoms with van der Waals surface area (Å²) in [5.74, 6) is -0.709. The van der Waals surface area contributed by atoms with Crippen molar-refractivity contribution in [1.82, 2.24) is 5.32 Å². The fourth-order valence-electron chi connectivity index (χ4n) is 3.90. The molecule has 4 N–H and O–H groups in total. The van der Waals surface area contributed by atoms with Gasteiger partial charge in [0.1, 0.15) is 0 Å². The Bertz CT molecular complexity index is 1040. The molecular formula is C25H32N4O6. The van der Waals surface area contributed by atoms with Gasteiger partial charge in [-0.25, -0.2) is 0 Å². The fourth-order valence-corrected chi connectivity index (χ4v) is 3.90. The van der Waals surface area contributed by atoms with Crippen molar-refractivity contribution < 1.29 is 28.6 Å². The number of rotatable bonds is 11. The van der Waals surface area contributed by atoms with E-state index in [4.69, 9.17) is 19.9 Å². The molecule has 1 unspecified atom stereocenters. The van der Waals surface area contributed by atoms with E-state index in [0.29, 0.717) is 0 Å². The highest BCUT2D eigenvalue weighted by Crippen LogP contribution is 2.38. The standard InChI is InChI=1S/C25H32N4O6/c1-16(11-23(31)28-18-7-6-8-19(14-18)29-9-4-5-10-29)27-25(32)17-12-20(33-2)24(21(13-17)34-3)35-15-22(26)30/h6-8,12-14,16H,4-5,9-11,15H2,1-3H3,(H2,26,30)(H,27,32)(H,28,31). The van der Waals surface area contributed by atoms with Crippen LogP contribution in [0.4, 0.5) is 11.4 Å². The number of nitrogens with one attached hydrogen (secondary N) is 2. The number of hydrogen-bond donors (Lipinski definition) is 3. The molecule has 0 bridgehead atoms. The molecule has 0 aromatic heterocycles. The van der Waals surface area contributed by atoms with Gasteiger partial charge >= 0.3 is 0 Å². The largest absolute Gasteiger partial charge is 0.493 e. The average molecular weight is 485 g/mol. The second-order valence-electron chi connectivity index (χ2n) is 8.34. The highest BCUT2D eigenvalue weighted by Gasteiger charge is 2.20. The van der Waals surface area contributed by atoms with Crippen LogP contribution in [0.2, 0.25) is 0 Å². The van der Waals surface area contributed by atoms with Gasteiger partial charge in [-0.05, 0) is 50.1 Å². The Kier molecular flexibility index (Phi) is 8.77. The third-order valence-electron chi connectivity index (χ3n) is 5.55. The van der Waals surface area contributed by atoms with E-state index in [-0.39, 0.29) is 41.7 Å². The lowest BCUT2D eigenvalue weighted by Gasteiger charge is -2.19. The summed E-state index contributed by atoms with van der Waals surface area (Å²) < 4.78 is 15.9. The number of methoxy groups -OCH3 is 2. The molecule has 3 amide bonds. The van der Waals surface area contributed by atoms with Gasteiger partial charge in [0.2, 0.25) is 11.7 Å². The summed E-state index contributed by atoms with van der Waals surface area (Å²) in [5, 5.41) is 5.71. The number of hydrogen-bond acceptors (Lipinski definition) is 7. The molecular weight excluding hydrogens is 452 g/mol. The summed E-state index contributed by atoms with van der Waals surface area (Å²) in [6.07, 6.45) is 2.44. The van der Waals surface area contributed by atoms with Gasteiger partial charge in [0, 0.05) is 42.5 Å². The van der Waals surface area contributed by atoms with Crippen LogP contribution < -0.4 is 35.5 Å². The minimum Gasteiger partial charge on any atom is -0.493 e. The van der Waals surface area contributed by atoms with Crippen LogP contribution in [0.5, 0.6) is 17.2 Å². The van der Waals surface area contributed by atoms with Gasteiger partial charge in [-0.15, -0.1) is 0 Å². The van der Waals surface area contributed by atoms with E-state index in [1.807, 2.05) is 24.3 Å². The first-order valence-corrected chi connectivity index (χ1v) is 11.4. The first-order chi connectivity index (χ1) is 16.8. The molecule has 0 spiro atoms. The monoisotopic (exact) mass is 484 g/mol. The summed E-state index contributed by atoms with van der Waals surface area (Å²) >= 11 is 0. The second-order valence-corrected chi connectivity index (χ2v) is 8.34. The number of amides is 3. The minimum absolute atomic E-state index is 0.0910. The molecule has 0 radical (unpaired) electrons. The lowest BCUT2D eigenvalue weighted by molar-refractivity contribution is -0.120. The third-order valence-corrected chi connectivity index (χ3v) is 5.55. The minimum atomic E-state index is -0.661. The van der Waals surface area contributed by atoms with Crippen molar-refractivity contribution in [3.63, 3.8) is 0 Å². The van der Waals surface area contributed by atoms with Crippen LogP contribution in [0.1, 0.15) is 36.5 Å². The first-order valence-electron chi connectivity index (χ1n) is 11.4. The Labute approximate surface area is 204 Å². The van der Waals surface area contributed by atoms with Crippen molar-refractivity contribution in [3.8, 4) is 17.2 Å². The van der Waals surface area contributed by atoms with Crippen molar-refractivity contribution in [3.05, 3.63) is 42.0 Å². The molecule has 1 aliphatic heterocycles. The van der Waals surface area contributed by atoms with E-state index < -0.39 is 17.9 Å². The molecule has 2 aromatic rings. The zero-order valence-electron chi connectivity index (χ0n) is 20.3. The van der Waals surface area contributed by atoms with Gasteiger partial charge in [-0.3, -0.25) is 14.4 Å². The normalized spacial score (nSPS) is 13.6. The lowest BCUT2D eigenvalue weighted by atomic mass is 10.1. The topological polar surface area (TPSA) is 132 Å². The number of nitrogens with zero attached hydrogens (tertiary/aromatic N) is 1. The first kappa shape index (κ1) is 25.7. The van der Waals surface area contributed by atoms with Gasteiger partial charge in [-0.1, -0.05) is 6.07 Å². The maximum atomic E-state index is 12.8. The smallest absolute Gasteiger partial charge is 0.255 e. The van der Waals surface area contributed by atoms with Crippen LogP contribution >= 0.6 is 0 Å². The Morgan fingerprint density at radius 2 is 1.71 bits per heavy atom. The predicted molar refractivity (Wildman–Crippen MR) is 132 cm³/mol. The third kappa shape index (κ3) is 7.02. The van der Waals surface area contributed by atoms with Gasteiger partial charge < -0.3 is 35.5 Å². The second kappa shape index (κ2) is 12.0. The number of ether oxygens (including phenoxy) is 3. The molecule has 1 heterocycles. The highest BCUT2D eigenvalue weighted by molar-refractivity contribution is 5.97. The molecule has 10 heteroatoms. The molecule has 3 rings (SSSR count). The Balaban J connectivity index is 1.61. The van der Waals surface area contributed by atoms with Crippen molar-refractivity contribution >= 4 is 29.1 Å². The molecule has 188 valence electrons. The van der Waals surface area contributed by atoms with E-state index in [1.54, 1.807) is 6.92 Å². The molecule has 10 nitrogen and oxygen atoms in total. The van der Waals surface area contributed by atoms with Crippen molar-refractivity contribution in [2.45, 2.75) is 32.2 Å². The maximum Gasteiger partial charge on any atom is 0.255 e. The molecule has 2 aromatic carbocycles. The number of carbonyl (C=O) groups is 3. The number of anilines is 2. The van der Waals surface area contributed by atoms with Crippen LogP contribution in [0.25, 0.3) is 0 Å². The summed E-state index contributed by atoms with van der Waals surface area (Å²) in [6.45, 7) is 3.42. The van der Waals surface area contributed by atoms with E-state index in [0.717, 1.165) is 24.5 Å². The van der Waals surface area contributed by atoms with Crippen molar-refractivity contribution in [2.24, 2.45) is 5.73 Å². The Morgan fingerprint density at radius 1 is 1.06 bits per heavy atom. The molecule has 1 saturated heterocycles. The van der Waals surface area contributed by atoms with Crippen LogP contribution in [0.3, 0.4) is 0 Å². The van der Waals surface area contributed by atoms with Gasteiger partial charge in [0.05, 0.1) is 14.2 Å². The molecule has 35 heavy (non-hydrogen) atoms. The summed E-state index contributed by atoms with van der Waals surface area (Å²) in [4.78, 5) is 38.8. The van der Waals surface area contributed by atoms with Crippen LogP contribution in [-0.2, 0) is 9.59 Å². The van der Waals surface area contributed by atoms with Crippen molar-refractivity contribution in [1.29, 1.82) is 0 Å². The van der Waals surface area contributed by atoms with Gasteiger partial charge in [0.15, 0.2) is 18.1 Å². The number of benzene rings is 2. The number of nitrogens with two attached hydrogens (primary N) is 1. The quantitative estimate of drug-likeness (QED) is 0.446. The van der Waals surface area contributed by atoms with Crippen LogP contribution in [-0.4, -0.2) is 57.7 Å². The van der Waals surface area contributed by atoms with Crippen LogP contribution in [0.15, 0.2) is 36.4 Å². The Morgan fingerprint density at radius 3 is 2.31 bits per heavy atom. The van der Waals surface area contributed by atoms with Crippen molar-refractivity contribution in [2.75, 3.05) is 44.1 Å². The summed E-state index contributed by atoms with van der Waals surface area (Å²) in [7, 11) is 2.80. The molecule has 1 atom stereocenters. The van der Waals surface area contributed by atoms with Crippen LogP contribution in [0, 0.1) is 0 Å². The van der Waals surface area contributed by atoms with Gasteiger partial charge in [-0.2, -0.15) is 0 Å². The van der Waals surface area contributed by atoms with E-state index in [2.05, 4.69) is 15.5 Å². The zero-order valence-corrected chi connectivity index (χ0v) is 20.3. The highest BCUT2D eigenvalue weighted by atomic mass is 16.5. The molecule has 0 aliphatic carbocycles. The fraction of sp³-hybridized carbons (Fsp3) is 0.400. The van der Waals surface area contributed by atoms with E-state index >= 15 is 0 Å². The lowest BCUT2D eigenvalue weighted by Crippen LogP contribution is -2.35. The summed E-state index contributed by atoms with van der Waals surface area (Å²) in [6, 6.07) is 10.3. The van der Waals surface area contributed by atoms with Gasteiger partial charge in [0.25, 0.3) is 11.8 Å². The van der Waals surface area contributed by atoms with E-state index in [9.17, 15) is 14.4 Å². The molecule has 0 saturated carbocycles. The maximum absolute atomic E-state index is 12.8. The number of carbonyl (C=O) groups excluding carboxylic acids is 3. The molecule has 1 fully saturated rings. The Hall–Kier alpha value is -3.95. The number of primary amides is 1.